The summed E-state index contributed by atoms with van der Waals surface area (Å²) in [5.74, 6) is 0.910. The van der Waals surface area contributed by atoms with E-state index in [1.54, 1.807) is 0 Å². The molecule has 1 rings (SSSR count). The summed E-state index contributed by atoms with van der Waals surface area (Å²) < 4.78 is 11.5. The molecule has 0 spiro atoms. The van der Waals surface area contributed by atoms with Crippen LogP contribution in [-0.2, 0) is 11.3 Å². The molecule has 0 bridgehead atoms. The van der Waals surface area contributed by atoms with E-state index < -0.39 is 0 Å². The van der Waals surface area contributed by atoms with Gasteiger partial charge in [-0.05, 0) is 64.8 Å². The lowest BCUT2D eigenvalue weighted by Gasteiger charge is -2.22. The largest absolute Gasteiger partial charge is 0.488 e. The standard InChI is InChI=1S/C17H26O2/c1-13(2)7-8-18-12-15-9-14(3)10-16(11-15)19-17(4,5)6/h7,9-11H,8,12H2,1-6H3. The molecule has 0 N–H and O–H groups in total. The first-order valence-electron chi connectivity index (χ1n) is 6.77. The molecule has 0 fully saturated rings. The Balaban J connectivity index is 2.66. The van der Waals surface area contributed by atoms with Gasteiger partial charge in [0.05, 0.1) is 13.2 Å². The van der Waals surface area contributed by atoms with Crippen molar-refractivity contribution in [1.29, 1.82) is 0 Å². The molecule has 0 atom stereocenters. The van der Waals surface area contributed by atoms with Crippen LogP contribution >= 0.6 is 0 Å². The molecule has 0 saturated heterocycles. The highest BCUT2D eigenvalue weighted by molar-refractivity contribution is 5.34. The summed E-state index contributed by atoms with van der Waals surface area (Å²) in [6, 6.07) is 6.25. The Morgan fingerprint density at radius 2 is 1.84 bits per heavy atom. The zero-order chi connectivity index (χ0) is 14.5. The molecule has 19 heavy (non-hydrogen) atoms. The number of aryl methyl sites for hydroxylation is 1. The van der Waals surface area contributed by atoms with Crippen molar-refractivity contribution in [2.24, 2.45) is 0 Å². The van der Waals surface area contributed by atoms with Gasteiger partial charge in [-0.25, -0.2) is 0 Å². The van der Waals surface area contributed by atoms with Crippen LogP contribution in [0.3, 0.4) is 0 Å². The summed E-state index contributed by atoms with van der Waals surface area (Å²) in [7, 11) is 0. The van der Waals surface area contributed by atoms with Gasteiger partial charge < -0.3 is 9.47 Å². The van der Waals surface area contributed by atoms with E-state index in [-0.39, 0.29) is 5.60 Å². The van der Waals surface area contributed by atoms with E-state index in [1.165, 1.54) is 11.1 Å². The molecule has 1 aromatic rings. The third kappa shape index (κ3) is 7.02. The molecule has 2 heteroatoms. The van der Waals surface area contributed by atoms with Crippen LogP contribution < -0.4 is 4.74 Å². The molecular weight excluding hydrogens is 236 g/mol. The molecule has 0 heterocycles. The summed E-state index contributed by atoms with van der Waals surface area (Å²) in [5, 5.41) is 0. The number of hydrogen-bond donors (Lipinski definition) is 0. The van der Waals surface area contributed by atoms with E-state index >= 15 is 0 Å². The van der Waals surface area contributed by atoms with Crippen molar-refractivity contribution in [3.63, 3.8) is 0 Å². The van der Waals surface area contributed by atoms with Gasteiger partial charge in [-0.3, -0.25) is 0 Å². The van der Waals surface area contributed by atoms with E-state index in [2.05, 4.69) is 65.8 Å². The fourth-order valence-corrected chi connectivity index (χ4v) is 1.72. The van der Waals surface area contributed by atoms with Crippen molar-refractivity contribution >= 4 is 0 Å². The summed E-state index contributed by atoms with van der Waals surface area (Å²) in [4.78, 5) is 0. The molecule has 1 aromatic carbocycles. The van der Waals surface area contributed by atoms with Gasteiger partial charge in [0.2, 0.25) is 0 Å². The van der Waals surface area contributed by atoms with Gasteiger partial charge in [0.15, 0.2) is 0 Å². The highest BCUT2D eigenvalue weighted by Crippen LogP contribution is 2.22. The minimum atomic E-state index is -0.173. The second-order valence-electron chi connectivity index (χ2n) is 6.17. The lowest BCUT2D eigenvalue weighted by molar-refractivity contribution is 0.128. The molecule has 0 aliphatic heterocycles. The van der Waals surface area contributed by atoms with Crippen LogP contribution in [0.1, 0.15) is 45.7 Å². The number of rotatable bonds is 5. The highest BCUT2D eigenvalue weighted by atomic mass is 16.5. The van der Waals surface area contributed by atoms with Gasteiger partial charge in [0.25, 0.3) is 0 Å². The lowest BCUT2D eigenvalue weighted by atomic mass is 10.1. The first-order valence-corrected chi connectivity index (χ1v) is 6.77. The number of allylic oxidation sites excluding steroid dienone is 1. The predicted molar refractivity (Wildman–Crippen MR) is 80.6 cm³/mol. The molecule has 0 amide bonds. The van der Waals surface area contributed by atoms with Crippen LogP contribution in [0, 0.1) is 6.92 Å². The first kappa shape index (κ1) is 15.8. The second kappa shape index (κ2) is 6.76. The minimum absolute atomic E-state index is 0.173. The predicted octanol–water partition coefficient (Wildman–Crippen LogP) is 4.66. The van der Waals surface area contributed by atoms with Gasteiger partial charge in [-0.2, -0.15) is 0 Å². The van der Waals surface area contributed by atoms with Crippen molar-refractivity contribution < 1.29 is 9.47 Å². The summed E-state index contributed by atoms with van der Waals surface area (Å²) in [6.07, 6.45) is 2.09. The zero-order valence-electron chi connectivity index (χ0n) is 13.0. The van der Waals surface area contributed by atoms with Gasteiger partial charge >= 0.3 is 0 Å². The van der Waals surface area contributed by atoms with E-state index in [0.717, 1.165) is 11.3 Å². The van der Waals surface area contributed by atoms with Crippen LogP contribution in [-0.4, -0.2) is 12.2 Å². The summed E-state index contributed by atoms with van der Waals surface area (Å²) in [5.41, 5.74) is 3.46. The Hall–Kier alpha value is -1.28. The van der Waals surface area contributed by atoms with Crippen molar-refractivity contribution in [2.75, 3.05) is 6.61 Å². The van der Waals surface area contributed by atoms with Crippen LogP contribution in [0.15, 0.2) is 29.8 Å². The Kier molecular flexibility index (Phi) is 5.61. The number of benzene rings is 1. The van der Waals surface area contributed by atoms with Gasteiger partial charge in [-0.15, -0.1) is 0 Å². The normalized spacial score (nSPS) is 11.3. The minimum Gasteiger partial charge on any atom is -0.488 e. The SMILES string of the molecule is CC(C)=CCOCc1cc(C)cc(OC(C)(C)C)c1. The van der Waals surface area contributed by atoms with Gasteiger partial charge in [0, 0.05) is 0 Å². The molecule has 2 nitrogen and oxygen atoms in total. The van der Waals surface area contributed by atoms with Crippen molar-refractivity contribution in [3.05, 3.63) is 41.0 Å². The Morgan fingerprint density at radius 3 is 2.42 bits per heavy atom. The molecule has 0 radical (unpaired) electrons. The van der Waals surface area contributed by atoms with E-state index in [0.29, 0.717) is 13.2 Å². The quantitative estimate of drug-likeness (QED) is 0.568. The van der Waals surface area contributed by atoms with Crippen molar-refractivity contribution in [2.45, 2.75) is 53.8 Å². The molecule has 0 unspecified atom stereocenters. The van der Waals surface area contributed by atoms with E-state index in [4.69, 9.17) is 9.47 Å². The van der Waals surface area contributed by atoms with Gasteiger partial charge in [-0.1, -0.05) is 17.7 Å². The first-order chi connectivity index (χ1) is 8.76. The highest BCUT2D eigenvalue weighted by Gasteiger charge is 2.12. The van der Waals surface area contributed by atoms with Crippen LogP contribution in [0.2, 0.25) is 0 Å². The summed E-state index contributed by atoms with van der Waals surface area (Å²) >= 11 is 0. The Bertz CT molecular complexity index is 435. The average molecular weight is 262 g/mol. The smallest absolute Gasteiger partial charge is 0.120 e. The maximum Gasteiger partial charge on any atom is 0.120 e. The molecule has 0 aliphatic rings. The fraction of sp³-hybridized carbons (Fsp3) is 0.529. The third-order valence-electron chi connectivity index (χ3n) is 2.41. The van der Waals surface area contributed by atoms with E-state index in [9.17, 15) is 0 Å². The second-order valence-corrected chi connectivity index (χ2v) is 6.17. The monoisotopic (exact) mass is 262 g/mol. The number of hydrogen-bond acceptors (Lipinski definition) is 2. The lowest BCUT2D eigenvalue weighted by Crippen LogP contribution is -2.23. The zero-order valence-corrected chi connectivity index (χ0v) is 13.0. The van der Waals surface area contributed by atoms with E-state index in [1.807, 2.05) is 0 Å². The average Bonchev–Trinajstić information content (AvgIpc) is 2.20. The van der Waals surface area contributed by atoms with Crippen molar-refractivity contribution in [3.8, 4) is 5.75 Å². The third-order valence-corrected chi connectivity index (χ3v) is 2.41. The molecule has 0 aromatic heterocycles. The topological polar surface area (TPSA) is 18.5 Å². The number of ether oxygens (including phenoxy) is 2. The maximum atomic E-state index is 5.90. The molecule has 0 saturated carbocycles. The van der Waals surface area contributed by atoms with Gasteiger partial charge in [0.1, 0.15) is 11.4 Å². The summed E-state index contributed by atoms with van der Waals surface area (Å²) in [6.45, 7) is 13.7. The van der Waals surface area contributed by atoms with Crippen molar-refractivity contribution in [1.82, 2.24) is 0 Å². The fourth-order valence-electron chi connectivity index (χ4n) is 1.72. The maximum absolute atomic E-state index is 5.90. The molecule has 0 aliphatic carbocycles. The van der Waals surface area contributed by atoms with Crippen LogP contribution in [0.25, 0.3) is 0 Å². The molecular formula is C17H26O2. The Morgan fingerprint density at radius 1 is 1.16 bits per heavy atom. The van der Waals surface area contributed by atoms with Crippen LogP contribution in [0.5, 0.6) is 5.75 Å². The van der Waals surface area contributed by atoms with Crippen LogP contribution in [0.4, 0.5) is 0 Å². The Labute approximate surface area is 117 Å². The molecule has 106 valence electrons.